The van der Waals surface area contributed by atoms with E-state index in [0.29, 0.717) is 25.4 Å². The number of carbonyl (C=O) groups excluding carboxylic acids is 2. The van der Waals surface area contributed by atoms with E-state index in [2.05, 4.69) is 5.32 Å². The summed E-state index contributed by atoms with van der Waals surface area (Å²) in [6.45, 7) is 3.97. The number of likely N-dealkylation sites (tertiary alicyclic amines) is 1. The molecular weight excluding hydrogens is 388 g/mol. The molecule has 1 aliphatic heterocycles. The van der Waals surface area contributed by atoms with E-state index in [0.717, 1.165) is 55.1 Å². The second kappa shape index (κ2) is 10.9. The molecule has 2 amide bonds. The lowest BCUT2D eigenvalue weighted by molar-refractivity contribution is -0.137. The summed E-state index contributed by atoms with van der Waals surface area (Å²) in [6, 6.07) is 5.75. The zero-order valence-electron chi connectivity index (χ0n) is 17.4. The zero-order valence-corrected chi connectivity index (χ0v) is 18.2. The molecule has 0 spiro atoms. The van der Waals surface area contributed by atoms with E-state index in [4.69, 9.17) is 16.3 Å². The highest BCUT2D eigenvalue weighted by Crippen LogP contribution is 2.26. The Morgan fingerprint density at radius 2 is 1.86 bits per heavy atom. The highest BCUT2D eigenvalue weighted by molar-refractivity contribution is 6.31. The Hall–Kier alpha value is -1.75. The number of ether oxygens (including phenoxy) is 1. The van der Waals surface area contributed by atoms with Crippen molar-refractivity contribution in [2.45, 2.75) is 70.8 Å². The van der Waals surface area contributed by atoms with Crippen LogP contribution in [0, 0.1) is 12.8 Å². The second-order valence-electron chi connectivity index (χ2n) is 8.37. The molecule has 1 saturated carbocycles. The topological polar surface area (TPSA) is 58.6 Å². The van der Waals surface area contributed by atoms with Gasteiger partial charge in [0.05, 0.1) is 6.61 Å². The number of aryl methyl sites for hydroxylation is 1. The quantitative estimate of drug-likeness (QED) is 0.661. The lowest BCUT2D eigenvalue weighted by atomic mass is 9.87. The van der Waals surface area contributed by atoms with Gasteiger partial charge in [0.15, 0.2) is 0 Å². The van der Waals surface area contributed by atoms with Crippen LogP contribution in [0.2, 0.25) is 5.02 Å². The largest absolute Gasteiger partial charge is 0.494 e. The van der Waals surface area contributed by atoms with Crippen LogP contribution >= 0.6 is 11.6 Å². The van der Waals surface area contributed by atoms with Gasteiger partial charge in [0.2, 0.25) is 11.8 Å². The minimum absolute atomic E-state index is 0.0675. The summed E-state index contributed by atoms with van der Waals surface area (Å²) in [4.78, 5) is 26.9. The fourth-order valence-corrected chi connectivity index (χ4v) is 4.40. The van der Waals surface area contributed by atoms with Crippen molar-refractivity contribution in [2.75, 3.05) is 19.7 Å². The van der Waals surface area contributed by atoms with Crippen molar-refractivity contribution in [3.8, 4) is 5.75 Å². The molecule has 1 saturated heterocycles. The Kier molecular flexibility index (Phi) is 8.22. The van der Waals surface area contributed by atoms with Crippen molar-refractivity contribution in [1.82, 2.24) is 10.2 Å². The number of carbonyl (C=O) groups is 2. The second-order valence-corrected chi connectivity index (χ2v) is 8.77. The van der Waals surface area contributed by atoms with Crippen molar-refractivity contribution in [2.24, 2.45) is 5.92 Å². The lowest BCUT2D eigenvalue weighted by Crippen LogP contribution is -2.48. The molecule has 1 N–H and O–H groups in total. The number of piperidine rings is 1. The first-order chi connectivity index (χ1) is 14.0. The average Bonchev–Trinajstić information content (AvgIpc) is 2.74. The molecule has 1 aromatic carbocycles. The molecule has 2 aliphatic rings. The summed E-state index contributed by atoms with van der Waals surface area (Å²) in [5, 5.41) is 3.85. The monoisotopic (exact) mass is 420 g/mol. The normalized spacial score (nSPS) is 18.5. The number of nitrogens with one attached hydrogen (secondary N) is 1. The third-order valence-electron chi connectivity index (χ3n) is 6.07. The van der Waals surface area contributed by atoms with Gasteiger partial charge < -0.3 is 15.0 Å². The van der Waals surface area contributed by atoms with Crippen LogP contribution in [0.15, 0.2) is 18.2 Å². The van der Waals surface area contributed by atoms with Crippen molar-refractivity contribution in [3.63, 3.8) is 0 Å². The molecule has 1 heterocycles. The highest BCUT2D eigenvalue weighted by Gasteiger charge is 2.29. The predicted octanol–water partition coefficient (Wildman–Crippen LogP) is 4.49. The van der Waals surface area contributed by atoms with Crippen LogP contribution in [0.1, 0.15) is 63.4 Å². The van der Waals surface area contributed by atoms with E-state index in [-0.39, 0.29) is 17.9 Å². The van der Waals surface area contributed by atoms with Gasteiger partial charge in [-0.1, -0.05) is 30.9 Å². The van der Waals surface area contributed by atoms with E-state index < -0.39 is 0 Å². The van der Waals surface area contributed by atoms with Gasteiger partial charge >= 0.3 is 0 Å². The summed E-state index contributed by atoms with van der Waals surface area (Å²) in [6.07, 6.45) is 8.56. The van der Waals surface area contributed by atoms with E-state index in [9.17, 15) is 9.59 Å². The van der Waals surface area contributed by atoms with Gasteiger partial charge in [-0.05, 0) is 62.8 Å². The van der Waals surface area contributed by atoms with Gasteiger partial charge in [0, 0.05) is 36.5 Å². The smallest absolute Gasteiger partial charge is 0.225 e. The summed E-state index contributed by atoms with van der Waals surface area (Å²) >= 11 is 6.01. The molecule has 3 rings (SSSR count). The lowest BCUT2D eigenvalue weighted by Gasteiger charge is -2.35. The fraction of sp³-hybridized carbons (Fsp3) is 0.652. The van der Waals surface area contributed by atoms with Crippen LogP contribution in [0.3, 0.4) is 0 Å². The number of nitrogens with zero attached hydrogens (tertiary/aromatic N) is 1. The molecule has 0 unspecified atom stereocenters. The SMILES string of the molecule is Cc1cc(OCCCC(=O)NC2CCN(C(=O)C3CCCCC3)CC2)ccc1Cl. The molecule has 0 atom stereocenters. The molecular formula is C23H33ClN2O3. The highest BCUT2D eigenvalue weighted by atomic mass is 35.5. The molecule has 6 heteroatoms. The maximum Gasteiger partial charge on any atom is 0.225 e. The van der Waals surface area contributed by atoms with Crippen LogP contribution in [-0.2, 0) is 9.59 Å². The van der Waals surface area contributed by atoms with Crippen LogP contribution < -0.4 is 10.1 Å². The molecule has 0 bridgehead atoms. The molecule has 0 radical (unpaired) electrons. The van der Waals surface area contributed by atoms with E-state index in [1.54, 1.807) is 0 Å². The summed E-state index contributed by atoms with van der Waals surface area (Å²) in [5.41, 5.74) is 0.982. The van der Waals surface area contributed by atoms with Gasteiger partial charge in [-0.15, -0.1) is 0 Å². The van der Waals surface area contributed by atoms with Crippen molar-refractivity contribution in [1.29, 1.82) is 0 Å². The standard InChI is InChI=1S/C23H33ClN2O3/c1-17-16-20(9-10-21(17)24)29-15-5-8-22(27)25-19-11-13-26(14-12-19)23(28)18-6-3-2-4-7-18/h9-10,16,18-19H,2-8,11-15H2,1H3,(H,25,27). The van der Waals surface area contributed by atoms with Crippen molar-refractivity contribution in [3.05, 3.63) is 28.8 Å². The summed E-state index contributed by atoms with van der Waals surface area (Å²) in [5.74, 6) is 1.42. The third-order valence-corrected chi connectivity index (χ3v) is 6.50. The summed E-state index contributed by atoms with van der Waals surface area (Å²) in [7, 11) is 0. The molecule has 2 fully saturated rings. The van der Waals surface area contributed by atoms with Crippen molar-refractivity contribution < 1.29 is 14.3 Å². The number of benzene rings is 1. The third kappa shape index (κ3) is 6.63. The minimum Gasteiger partial charge on any atom is -0.494 e. The Morgan fingerprint density at radius 3 is 2.55 bits per heavy atom. The van der Waals surface area contributed by atoms with Crippen LogP contribution in [0.4, 0.5) is 0 Å². The van der Waals surface area contributed by atoms with E-state index in [1.807, 2.05) is 30.0 Å². The Labute approximate surface area is 179 Å². The number of hydrogen-bond donors (Lipinski definition) is 1. The van der Waals surface area contributed by atoms with E-state index >= 15 is 0 Å². The number of halogens is 1. The minimum atomic E-state index is 0.0675. The maximum atomic E-state index is 12.6. The predicted molar refractivity (Wildman–Crippen MR) is 115 cm³/mol. The number of amides is 2. The molecule has 1 aliphatic carbocycles. The number of rotatable bonds is 7. The fourth-order valence-electron chi connectivity index (χ4n) is 4.28. The van der Waals surface area contributed by atoms with Gasteiger partial charge in [0.25, 0.3) is 0 Å². The van der Waals surface area contributed by atoms with Crippen molar-refractivity contribution >= 4 is 23.4 Å². The summed E-state index contributed by atoms with van der Waals surface area (Å²) < 4.78 is 5.70. The zero-order chi connectivity index (χ0) is 20.6. The van der Waals surface area contributed by atoms with Gasteiger partial charge in [-0.2, -0.15) is 0 Å². The first-order valence-corrected chi connectivity index (χ1v) is 11.4. The number of hydrogen-bond acceptors (Lipinski definition) is 3. The van der Waals surface area contributed by atoms with Gasteiger partial charge in [0.1, 0.15) is 5.75 Å². The van der Waals surface area contributed by atoms with E-state index in [1.165, 1.54) is 19.3 Å². The average molecular weight is 421 g/mol. The van der Waals surface area contributed by atoms with Crippen LogP contribution in [-0.4, -0.2) is 42.5 Å². The van der Waals surface area contributed by atoms with Gasteiger partial charge in [-0.25, -0.2) is 0 Å². The Bertz CT molecular complexity index is 695. The molecule has 1 aromatic rings. The molecule has 29 heavy (non-hydrogen) atoms. The Balaban J connectivity index is 1.30. The first-order valence-electron chi connectivity index (χ1n) is 11.0. The molecule has 0 aromatic heterocycles. The maximum absolute atomic E-state index is 12.6. The van der Waals surface area contributed by atoms with Gasteiger partial charge in [-0.3, -0.25) is 9.59 Å². The Morgan fingerprint density at radius 1 is 1.14 bits per heavy atom. The molecule has 5 nitrogen and oxygen atoms in total. The first kappa shape index (κ1) is 21.9. The van der Waals surface area contributed by atoms with Crippen LogP contribution in [0.5, 0.6) is 5.75 Å². The van der Waals surface area contributed by atoms with Crippen LogP contribution in [0.25, 0.3) is 0 Å². The molecule has 160 valence electrons.